The van der Waals surface area contributed by atoms with Crippen LogP contribution in [0.15, 0.2) is 24.3 Å². The number of rotatable bonds is 4. The monoisotopic (exact) mass is 294 g/mol. The second-order valence-electron chi connectivity index (χ2n) is 5.67. The van der Waals surface area contributed by atoms with Gasteiger partial charge in [-0.3, -0.25) is 9.59 Å². The van der Waals surface area contributed by atoms with Gasteiger partial charge in [-0.1, -0.05) is 26.0 Å². The largest absolute Gasteiger partial charge is 0.386 e. The van der Waals surface area contributed by atoms with E-state index in [4.69, 9.17) is 0 Å². The zero-order valence-corrected chi connectivity index (χ0v) is 12.1. The molecule has 114 valence electrons. The topological polar surface area (TPSA) is 69.6 Å². The molecule has 0 spiro atoms. The number of benzene rings is 1. The van der Waals surface area contributed by atoms with Crippen LogP contribution in [0.25, 0.3) is 0 Å². The van der Waals surface area contributed by atoms with Gasteiger partial charge in [-0.15, -0.1) is 0 Å². The van der Waals surface area contributed by atoms with Crippen molar-refractivity contribution in [3.8, 4) is 0 Å². The number of nitrogens with zero attached hydrogens (tertiary/aromatic N) is 1. The number of likely N-dealkylation sites (tertiary alicyclic amines) is 1. The van der Waals surface area contributed by atoms with Gasteiger partial charge in [0, 0.05) is 0 Å². The molecule has 0 aromatic heterocycles. The summed E-state index contributed by atoms with van der Waals surface area (Å²) in [6.45, 7) is 4.10. The lowest BCUT2D eigenvalue weighted by atomic mass is 9.83. The van der Waals surface area contributed by atoms with Crippen LogP contribution in [0.1, 0.15) is 24.2 Å². The van der Waals surface area contributed by atoms with Crippen molar-refractivity contribution in [3.63, 3.8) is 0 Å². The third-order valence-corrected chi connectivity index (χ3v) is 3.88. The van der Waals surface area contributed by atoms with Gasteiger partial charge < -0.3 is 15.3 Å². The number of β-amino-alcohol motifs (C(OH)–C–C–N with tert-alkyl or cyclic N) is 1. The lowest BCUT2D eigenvalue weighted by Gasteiger charge is -2.49. The Kier molecular flexibility index (Phi) is 4.27. The van der Waals surface area contributed by atoms with Crippen molar-refractivity contribution < 1.29 is 19.1 Å². The molecule has 1 aliphatic rings. The van der Waals surface area contributed by atoms with E-state index in [1.165, 1.54) is 23.1 Å². The number of nitrogens with one attached hydrogen (secondary N) is 1. The third kappa shape index (κ3) is 3.21. The van der Waals surface area contributed by atoms with Crippen molar-refractivity contribution in [2.24, 2.45) is 5.92 Å². The first kappa shape index (κ1) is 15.4. The molecule has 0 atom stereocenters. The highest BCUT2D eigenvalue weighted by molar-refractivity contribution is 5.96. The van der Waals surface area contributed by atoms with Crippen LogP contribution in [-0.4, -0.2) is 47.1 Å². The predicted molar refractivity (Wildman–Crippen MR) is 75.1 cm³/mol. The van der Waals surface area contributed by atoms with E-state index in [-0.39, 0.29) is 37.0 Å². The van der Waals surface area contributed by atoms with Crippen LogP contribution in [0.3, 0.4) is 0 Å². The summed E-state index contributed by atoms with van der Waals surface area (Å²) in [4.78, 5) is 25.1. The van der Waals surface area contributed by atoms with Gasteiger partial charge in [0.1, 0.15) is 11.4 Å². The summed E-state index contributed by atoms with van der Waals surface area (Å²) in [5.74, 6) is -1.47. The van der Waals surface area contributed by atoms with Gasteiger partial charge >= 0.3 is 0 Å². The second kappa shape index (κ2) is 5.81. The molecule has 0 radical (unpaired) electrons. The number of aliphatic hydroxyl groups is 1. The van der Waals surface area contributed by atoms with E-state index in [2.05, 4.69) is 5.32 Å². The highest BCUT2D eigenvalue weighted by Gasteiger charge is 2.45. The van der Waals surface area contributed by atoms with Gasteiger partial charge in [-0.2, -0.15) is 0 Å². The van der Waals surface area contributed by atoms with Gasteiger partial charge in [0.05, 0.1) is 25.2 Å². The number of hydrogen-bond donors (Lipinski definition) is 2. The number of amides is 2. The first-order valence-electron chi connectivity index (χ1n) is 6.86. The molecule has 1 saturated heterocycles. The minimum absolute atomic E-state index is 0.0644. The summed E-state index contributed by atoms with van der Waals surface area (Å²) in [5, 5.41) is 12.5. The van der Waals surface area contributed by atoms with Gasteiger partial charge in [-0.05, 0) is 18.1 Å². The van der Waals surface area contributed by atoms with Crippen molar-refractivity contribution in [1.29, 1.82) is 0 Å². The lowest BCUT2D eigenvalue weighted by molar-refractivity contribution is -0.162. The quantitative estimate of drug-likeness (QED) is 0.862. The molecule has 2 rings (SSSR count). The standard InChI is InChI=1S/C15H19FN2O3/c1-10(2)15(21)8-18(9-15)13(19)7-17-14(20)11-5-3-4-6-12(11)16/h3-6,10,21H,7-9H2,1-2H3,(H,17,20). The molecule has 0 saturated carbocycles. The Morgan fingerprint density at radius 3 is 2.57 bits per heavy atom. The van der Waals surface area contributed by atoms with Crippen LogP contribution in [-0.2, 0) is 4.79 Å². The minimum Gasteiger partial charge on any atom is -0.386 e. The molecule has 1 aromatic carbocycles. The molecular weight excluding hydrogens is 275 g/mol. The molecule has 2 N–H and O–H groups in total. The smallest absolute Gasteiger partial charge is 0.254 e. The number of halogens is 1. The molecule has 0 unspecified atom stereocenters. The first-order valence-corrected chi connectivity index (χ1v) is 6.86. The molecule has 2 amide bonds. The number of carbonyl (C=O) groups excluding carboxylic acids is 2. The predicted octanol–water partition coefficient (Wildman–Crippen LogP) is 0.785. The Bertz CT molecular complexity index is 554. The average Bonchev–Trinajstić information content (AvgIpc) is 2.41. The number of carbonyl (C=O) groups is 2. The van der Waals surface area contributed by atoms with E-state index < -0.39 is 17.3 Å². The Labute approximate surface area is 122 Å². The Balaban J connectivity index is 1.83. The van der Waals surface area contributed by atoms with Crippen molar-refractivity contribution in [3.05, 3.63) is 35.6 Å². The van der Waals surface area contributed by atoms with Crippen LogP contribution in [0.5, 0.6) is 0 Å². The molecule has 5 nitrogen and oxygen atoms in total. The summed E-state index contributed by atoms with van der Waals surface area (Å²) in [6.07, 6.45) is 0. The van der Waals surface area contributed by atoms with E-state index in [0.29, 0.717) is 0 Å². The van der Waals surface area contributed by atoms with E-state index in [0.717, 1.165) is 0 Å². The Hall–Kier alpha value is -1.95. The molecule has 1 fully saturated rings. The van der Waals surface area contributed by atoms with Crippen molar-refractivity contribution in [2.75, 3.05) is 19.6 Å². The van der Waals surface area contributed by atoms with E-state index in [1.54, 1.807) is 6.07 Å². The zero-order valence-electron chi connectivity index (χ0n) is 12.1. The van der Waals surface area contributed by atoms with Gasteiger partial charge in [0.2, 0.25) is 5.91 Å². The van der Waals surface area contributed by atoms with E-state index in [9.17, 15) is 19.1 Å². The Morgan fingerprint density at radius 2 is 2.00 bits per heavy atom. The molecule has 1 aliphatic heterocycles. The summed E-state index contributed by atoms with van der Waals surface area (Å²) in [6, 6.07) is 5.59. The van der Waals surface area contributed by atoms with Gasteiger partial charge in [-0.25, -0.2) is 4.39 Å². The van der Waals surface area contributed by atoms with E-state index in [1.807, 2.05) is 13.8 Å². The van der Waals surface area contributed by atoms with Crippen LogP contribution in [0, 0.1) is 11.7 Å². The minimum atomic E-state index is -0.842. The summed E-state index contributed by atoms with van der Waals surface area (Å²) >= 11 is 0. The molecule has 1 aromatic rings. The maximum absolute atomic E-state index is 13.4. The summed E-state index contributed by atoms with van der Waals surface area (Å²) in [5.41, 5.74) is -0.932. The number of hydrogen-bond acceptors (Lipinski definition) is 3. The first-order chi connectivity index (χ1) is 9.83. The van der Waals surface area contributed by atoms with Gasteiger partial charge in [0.15, 0.2) is 0 Å². The highest BCUT2D eigenvalue weighted by atomic mass is 19.1. The summed E-state index contributed by atoms with van der Waals surface area (Å²) in [7, 11) is 0. The fourth-order valence-corrected chi connectivity index (χ4v) is 2.16. The second-order valence-corrected chi connectivity index (χ2v) is 5.67. The highest BCUT2D eigenvalue weighted by Crippen LogP contribution is 2.28. The molecule has 0 aliphatic carbocycles. The molecule has 0 bridgehead atoms. The molecule has 21 heavy (non-hydrogen) atoms. The van der Waals surface area contributed by atoms with Crippen molar-refractivity contribution in [2.45, 2.75) is 19.4 Å². The van der Waals surface area contributed by atoms with Crippen LogP contribution in [0.4, 0.5) is 4.39 Å². The van der Waals surface area contributed by atoms with Crippen LogP contribution >= 0.6 is 0 Å². The zero-order chi connectivity index (χ0) is 15.6. The molecular formula is C15H19FN2O3. The van der Waals surface area contributed by atoms with Crippen molar-refractivity contribution >= 4 is 11.8 Å². The SMILES string of the molecule is CC(C)C1(O)CN(C(=O)CNC(=O)c2ccccc2F)C1. The summed E-state index contributed by atoms with van der Waals surface area (Å²) < 4.78 is 13.4. The Morgan fingerprint density at radius 1 is 1.38 bits per heavy atom. The van der Waals surface area contributed by atoms with Crippen LogP contribution in [0.2, 0.25) is 0 Å². The maximum Gasteiger partial charge on any atom is 0.254 e. The van der Waals surface area contributed by atoms with Crippen molar-refractivity contribution in [1.82, 2.24) is 10.2 Å². The van der Waals surface area contributed by atoms with Crippen LogP contribution < -0.4 is 5.32 Å². The van der Waals surface area contributed by atoms with E-state index >= 15 is 0 Å². The fourth-order valence-electron chi connectivity index (χ4n) is 2.16. The average molecular weight is 294 g/mol. The molecule has 6 heteroatoms. The normalized spacial score (nSPS) is 16.5. The lowest BCUT2D eigenvalue weighted by Crippen LogP contribution is -2.67. The maximum atomic E-state index is 13.4. The third-order valence-electron chi connectivity index (χ3n) is 3.88. The molecule has 1 heterocycles. The fraction of sp³-hybridized carbons (Fsp3) is 0.467. The van der Waals surface area contributed by atoms with Gasteiger partial charge in [0.25, 0.3) is 5.91 Å².